The van der Waals surface area contributed by atoms with Crippen LogP contribution in [0.25, 0.3) is 0 Å². The van der Waals surface area contributed by atoms with Crippen LogP contribution in [0.2, 0.25) is 0 Å². The van der Waals surface area contributed by atoms with Crippen LogP contribution in [-0.2, 0) is 28.2 Å². The molecule has 3 N–H and O–H groups in total. The van der Waals surface area contributed by atoms with Gasteiger partial charge in [0.1, 0.15) is 11.6 Å². The quantitative estimate of drug-likeness (QED) is 0.496. The molecule has 1 saturated carbocycles. The lowest BCUT2D eigenvalue weighted by Crippen LogP contribution is -2.54. The molecule has 0 radical (unpaired) electrons. The third kappa shape index (κ3) is 4.71. The zero-order chi connectivity index (χ0) is 27.8. The molecule has 1 fully saturated rings. The van der Waals surface area contributed by atoms with E-state index in [4.69, 9.17) is 0 Å². The smallest absolute Gasteiger partial charge is 0.311 e. The lowest BCUT2D eigenvalue weighted by atomic mass is 9.67. The molecule has 1 aromatic heterocycles. The van der Waals surface area contributed by atoms with Crippen molar-refractivity contribution in [1.82, 2.24) is 25.1 Å². The van der Waals surface area contributed by atoms with Gasteiger partial charge in [-0.05, 0) is 49.8 Å². The molecule has 3 amide bonds. The molecule has 1 aromatic carbocycles. The maximum Gasteiger partial charge on any atom is 0.311 e. The minimum absolute atomic E-state index is 0.00993. The number of nitriles is 1. The molecule has 2 bridgehead atoms. The van der Waals surface area contributed by atoms with Gasteiger partial charge in [-0.1, -0.05) is 12.1 Å². The Hall–Kier alpha value is -4.27. The number of aromatic hydroxyl groups is 1. The number of fused-ring (bicyclic) bond motifs is 2. The Kier molecular flexibility index (Phi) is 6.97. The summed E-state index contributed by atoms with van der Waals surface area (Å²) in [5.74, 6) is -3.71. The molecular weight excluding hydrogens is 495 g/mol. The number of likely N-dealkylation sites (N-methyl/N-ethyl adjacent to an activating group) is 1. The average Bonchev–Trinajstić information content (AvgIpc) is 3.09. The lowest BCUT2D eigenvalue weighted by Gasteiger charge is -2.41. The summed E-state index contributed by atoms with van der Waals surface area (Å²) in [5, 5.41) is 25.5. The molecular formula is C26H29FN6O5. The number of aromatic nitrogens is 2. The van der Waals surface area contributed by atoms with Gasteiger partial charge in [0.05, 0.1) is 11.6 Å². The topological polar surface area (TPSA) is 157 Å². The predicted octanol–water partition coefficient (Wildman–Crippen LogP) is 1.21. The normalized spacial score (nSPS) is 21.6. The van der Waals surface area contributed by atoms with Gasteiger partial charge in [-0.15, -0.1) is 0 Å². The Morgan fingerprint density at radius 1 is 1.24 bits per heavy atom. The number of carbonyl (C=O) groups excluding carboxylic acids is 3. The molecule has 12 heteroatoms. The third-order valence-electron chi connectivity index (χ3n) is 7.53. The molecule has 0 unspecified atom stereocenters. The first-order valence-electron chi connectivity index (χ1n) is 12.2. The maximum absolute atomic E-state index is 13.6. The van der Waals surface area contributed by atoms with Crippen LogP contribution < -0.4 is 16.2 Å². The SMILES string of the molecule is Cc1cc(CNC(=O)c2nc3n(c(=O)c2O)CC2(CC#N)CCC3(NC(=O)C(=O)N(C)C)CC2)ccc1F. The maximum atomic E-state index is 13.6. The molecule has 2 aromatic rings. The summed E-state index contributed by atoms with van der Waals surface area (Å²) in [6.07, 6.45) is 1.65. The van der Waals surface area contributed by atoms with Crippen LogP contribution in [-0.4, -0.2) is 51.4 Å². The minimum Gasteiger partial charge on any atom is -0.501 e. The van der Waals surface area contributed by atoms with Crippen LogP contribution in [0, 0.1) is 29.5 Å². The first-order valence-corrected chi connectivity index (χ1v) is 12.2. The van der Waals surface area contributed by atoms with Crippen LogP contribution in [0.1, 0.15) is 59.5 Å². The van der Waals surface area contributed by atoms with Crippen LogP contribution in [0.4, 0.5) is 4.39 Å². The van der Waals surface area contributed by atoms with Gasteiger partial charge in [0, 0.05) is 39.0 Å². The second kappa shape index (κ2) is 9.89. The summed E-state index contributed by atoms with van der Waals surface area (Å²) in [5.41, 5.74) is -2.23. The molecule has 0 spiro atoms. The third-order valence-corrected chi connectivity index (χ3v) is 7.53. The number of aryl methyl sites for hydroxylation is 1. The molecule has 0 atom stereocenters. The number of amides is 3. The Morgan fingerprint density at radius 2 is 1.92 bits per heavy atom. The standard InChI is InChI=1S/C26H29FN6O5/c1-15-12-16(4-5-17(15)27)13-29-20(35)18-19(34)22(37)33-14-25(10-11-28)6-8-26(9-7-25,24(33)30-18)31-21(36)23(38)32(2)3/h4-5,12,34H,6-10,13-14H2,1-3H3,(H,29,35)(H,31,36). The molecule has 2 aliphatic heterocycles. The van der Waals surface area contributed by atoms with Gasteiger partial charge in [-0.3, -0.25) is 23.7 Å². The van der Waals surface area contributed by atoms with Crippen molar-refractivity contribution in [3.63, 3.8) is 0 Å². The van der Waals surface area contributed by atoms with Crippen LogP contribution in [0.5, 0.6) is 5.75 Å². The van der Waals surface area contributed by atoms with Crippen molar-refractivity contribution in [2.75, 3.05) is 14.1 Å². The van der Waals surface area contributed by atoms with Crippen LogP contribution in [0.15, 0.2) is 23.0 Å². The summed E-state index contributed by atoms with van der Waals surface area (Å²) in [6.45, 7) is 1.65. The largest absolute Gasteiger partial charge is 0.501 e. The van der Waals surface area contributed by atoms with E-state index in [9.17, 15) is 33.9 Å². The van der Waals surface area contributed by atoms with Crippen molar-refractivity contribution in [3.8, 4) is 11.8 Å². The number of halogens is 1. The van der Waals surface area contributed by atoms with Gasteiger partial charge in [-0.2, -0.15) is 5.26 Å². The van der Waals surface area contributed by atoms with E-state index in [1.807, 2.05) is 0 Å². The summed E-state index contributed by atoms with van der Waals surface area (Å²) in [4.78, 5) is 57.1. The zero-order valence-electron chi connectivity index (χ0n) is 21.4. The van der Waals surface area contributed by atoms with E-state index >= 15 is 0 Å². The van der Waals surface area contributed by atoms with Crippen LogP contribution in [0.3, 0.4) is 0 Å². The van der Waals surface area contributed by atoms with Crippen molar-refractivity contribution in [1.29, 1.82) is 5.26 Å². The first kappa shape index (κ1) is 26.8. The highest BCUT2D eigenvalue weighted by Gasteiger charge is 2.52. The van der Waals surface area contributed by atoms with Crippen LogP contribution >= 0.6 is 0 Å². The zero-order valence-corrected chi connectivity index (χ0v) is 21.4. The highest BCUT2D eigenvalue weighted by molar-refractivity contribution is 6.35. The summed E-state index contributed by atoms with van der Waals surface area (Å²) in [6, 6.07) is 6.51. The Labute approximate surface area is 218 Å². The highest BCUT2D eigenvalue weighted by Crippen LogP contribution is 2.51. The van der Waals surface area contributed by atoms with Crippen molar-refractivity contribution in [2.45, 2.75) is 57.7 Å². The monoisotopic (exact) mass is 524 g/mol. The van der Waals surface area contributed by atoms with E-state index in [1.165, 1.54) is 30.8 Å². The van der Waals surface area contributed by atoms with E-state index in [0.717, 1.165) is 4.90 Å². The average molecular weight is 525 g/mol. The number of rotatable bonds is 5. The van der Waals surface area contributed by atoms with Gasteiger partial charge < -0.3 is 20.6 Å². The van der Waals surface area contributed by atoms with Gasteiger partial charge in [0.15, 0.2) is 5.69 Å². The molecule has 200 valence electrons. The Bertz CT molecular complexity index is 1420. The van der Waals surface area contributed by atoms with Gasteiger partial charge in [0.2, 0.25) is 5.75 Å². The van der Waals surface area contributed by atoms with Crippen molar-refractivity contribution < 1.29 is 23.9 Å². The molecule has 3 aliphatic rings. The van der Waals surface area contributed by atoms with Gasteiger partial charge in [-0.25, -0.2) is 9.37 Å². The first-order chi connectivity index (χ1) is 17.9. The molecule has 11 nitrogen and oxygen atoms in total. The number of carbonyl (C=O) groups is 3. The van der Waals surface area contributed by atoms with E-state index in [2.05, 4.69) is 21.7 Å². The number of hydrogen-bond acceptors (Lipinski definition) is 7. The van der Waals surface area contributed by atoms with E-state index in [0.29, 0.717) is 24.0 Å². The highest BCUT2D eigenvalue weighted by atomic mass is 19.1. The number of benzene rings is 1. The summed E-state index contributed by atoms with van der Waals surface area (Å²) in [7, 11) is 2.87. The van der Waals surface area contributed by atoms with Gasteiger partial charge in [0.25, 0.3) is 11.5 Å². The fourth-order valence-electron chi connectivity index (χ4n) is 5.28. The van der Waals surface area contributed by atoms with E-state index < -0.39 is 45.7 Å². The molecule has 0 saturated heterocycles. The van der Waals surface area contributed by atoms with Crippen molar-refractivity contribution >= 4 is 17.7 Å². The van der Waals surface area contributed by atoms with E-state index in [1.54, 1.807) is 13.0 Å². The minimum atomic E-state index is -1.26. The number of hydrogen-bond donors (Lipinski definition) is 3. The summed E-state index contributed by atoms with van der Waals surface area (Å²) >= 11 is 0. The Morgan fingerprint density at radius 3 is 2.53 bits per heavy atom. The van der Waals surface area contributed by atoms with Crippen molar-refractivity contribution in [2.24, 2.45) is 5.41 Å². The number of nitrogens with one attached hydrogen (secondary N) is 2. The molecule has 1 aliphatic carbocycles. The van der Waals surface area contributed by atoms with E-state index in [-0.39, 0.29) is 44.0 Å². The second-order valence-electron chi connectivity index (χ2n) is 10.4. The second-order valence-corrected chi connectivity index (χ2v) is 10.4. The Balaban J connectivity index is 1.75. The molecule has 38 heavy (non-hydrogen) atoms. The molecule has 5 rings (SSSR count). The lowest BCUT2D eigenvalue weighted by molar-refractivity contribution is -0.145. The molecule has 3 heterocycles. The van der Waals surface area contributed by atoms with Crippen molar-refractivity contribution in [3.05, 3.63) is 57.0 Å². The fraction of sp³-hybridized carbons (Fsp3) is 0.462. The fourth-order valence-corrected chi connectivity index (χ4v) is 5.28. The summed E-state index contributed by atoms with van der Waals surface area (Å²) < 4.78 is 14.8. The number of nitrogens with zero attached hydrogens (tertiary/aromatic N) is 4. The van der Waals surface area contributed by atoms with Gasteiger partial charge >= 0.3 is 11.8 Å². The predicted molar refractivity (Wildman–Crippen MR) is 132 cm³/mol.